The molecule has 6 heteroatoms. The van der Waals surface area contributed by atoms with E-state index >= 15 is 0 Å². The van der Waals surface area contributed by atoms with Gasteiger partial charge < -0.3 is 20.7 Å². The second kappa shape index (κ2) is 9.91. The van der Waals surface area contributed by atoms with Crippen LogP contribution in [0.1, 0.15) is 40.2 Å². The van der Waals surface area contributed by atoms with Crippen LogP contribution in [0.5, 0.6) is 0 Å². The van der Waals surface area contributed by atoms with E-state index in [-0.39, 0.29) is 12.0 Å². The fourth-order valence-electron chi connectivity index (χ4n) is 2.12. The topological polar surface area (TPSA) is 74.8 Å². The fourth-order valence-corrected chi connectivity index (χ4v) is 2.12. The van der Waals surface area contributed by atoms with Crippen molar-refractivity contribution in [2.24, 2.45) is 10.9 Å². The van der Waals surface area contributed by atoms with Gasteiger partial charge in [-0.25, -0.2) is 4.79 Å². The Labute approximate surface area is 151 Å². The van der Waals surface area contributed by atoms with Gasteiger partial charge >= 0.3 is 6.09 Å². The number of aliphatic imine (C=N–C) groups is 1. The molecule has 1 aromatic carbocycles. The number of benzene rings is 1. The van der Waals surface area contributed by atoms with Crippen molar-refractivity contribution in [1.82, 2.24) is 16.0 Å². The first kappa shape index (κ1) is 20.8. The van der Waals surface area contributed by atoms with Crippen LogP contribution in [0.15, 0.2) is 35.3 Å². The maximum atomic E-state index is 12.0. The molecule has 0 bridgehead atoms. The summed E-state index contributed by atoms with van der Waals surface area (Å²) in [7, 11) is 1.73. The predicted molar refractivity (Wildman–Crippen MR) is 103 cm³/mol. The average molecular weight is 348 g/mol. The van der Waals surface area contributed by atoms with E-state index in [0.29, 0.717) is 19.0 Å². The summed E-state index contributed by atoms with van der Waals surface area (Å²) in [6.45, 7) is 10.9. The monoisotopic (exact) mass is 348 g/mol. The number of nitrogens with zero attached hydrogens (tertiary/aromatic N) is 1. The second-order valence-electron chi connectivity index (χ2n) is 7.29. The number of carbonyl (C=O) groups excluding carboxylic acids is 1. The van der Waals surface area contributed by atoms with Crippen molar-refractivity contribution in [3.8, 4) is 0 Å². The number of hydrogen-bond acceptors (Lipinski definition) is 3. The third-order valence-electron chi connectivity index (χ3n) is 3.52. The van der Waals surface area contributed by atoms with Gasteiger partial charge in [0.1, 0.15) is 5.60 Å². The second-order valence-corrected chi connectivity index (χ2v) is 7.29. The Hall–Kier alpha value is -2.24. The maximum absolute atomic E-state index is 12.0. The highest BCUT2D eigenvalue weighted by Crippen LogP contribution is 2.08. The van der Waals surface area contributed by atoms with E-state index in [1.165, 1.54) is 5.56 Å². The molecule has 0 fully saturated rings. The molecule has 0 saturated carbocycles. The third kappa shape index (κ3) is 8.98. The van der Waals surface area contributed by atoms with Gasteiger partial charge in [0.2, 0.25) is 0 Å². The highest BCUT2D eigenvalue weighted by molar-refractivity contribution is 5.79. The molecule has 1 rings (SSSR count). The number of carbonyl (C=O) groups is 1. The number of nitrogens with one attached hydrogen (secondary N) is 3. The molecule has 1 unspecified atom stereocenters. The van der Waals surface area contributed by atoms with Crippen molar-refractivity contribution in [3.63, 3.8) is 0 Å². The van der Waals surface area contributed by atoms with Crippen LogP contribution in [0.4, 0.5) is 4.79 Å². The highest BCUT2D eigenvalue weighted by atomic mass is 16.6. The summed E-state index contributed by atoms with van der Waals surface area (Å²) in [6, 6.07) is 10.1. The van der Waals surface area contributed by atoms with Gasteiger partial charge in [0.15, 0.2) is 5.96 Å². The Bertz CT molecular complexity index is 550. The zero-order valence-corrected chi connectivity index (χ0v) is 16.2. The molecule has 0 radical (unpaired) electrons. The molecular formula is C19H32N4O2. The summed E-state index contributed by atoms with van der Waals surface area (Å²) < 4.78 is 5.33. The van der Waals surface area contributed by atoms with Gasteiger partial charge in [-0.3, -0.25) is 4.99 Å². The van der Waals surface area contributed by atoms with E-state index in [4.69, 9.17) is 4.74 Å². The van der Waals surface area contributed by atoms with Gasteiger partial charge in [-0.15, -0.1) is 0 Å². The molecule has 1 aromatic rings. The van der Waals surface area contributed by atoms with E-state index in [2.05, 4.69) is 46.9 Å². The SMILES string of the molecule is CN=C(NCc1ccccc1)NCC(NC(=O)OC(C)(C)C)C(C)C. The molecule has 0 aliphatic carbocycles. The zero-order chi connectivity index (χ0) is 18.9. The Morgan fingerprint density at radius 3 is 2.32 bits per heavy atom. The summed E-state index contributed by atoms with van der Waals surface area (Å²) in [5, 5.41) is 9.44. The molecule has 0 aliphatic heterocycles. The minimum atomic E-state index is -0.508. The van der Waals surface area contributed by atoms with Crippen molar-refractivity contribution >= 4 is 12.1 Å². The molecule has 3 N–H and O–H groups in total. The minimum Gasteiger partial charge on any atom is -0.444 e. The fraction of sp³-hybridized carbons (Fsp3) is 0.579. The number of rotatable bonds is 6. The van der Waals surface area contributed by atoms with Crippen LogP contribution in [0.2, 0.25) is 0 Å². The first-order valence-electron chi connectivity index (χ1n) is 8.69. The van der Waals surface area contributed by atoms with Crippen LogP contribution in [0.25, 0.3) is 0 Å². The van der Waals surface area contributed by atoms with Gasteiger partial charge in [-0.05, 0) is 32.3 Å². The molecule has 1 amide bonds. The van der Waals surface area contributed by atoms with Crippen molar-refractivity contribution in [2.45, 2.75) is 52.8 Å². The van der Waals surface area contributed by atoms with Crippen LogP contribution in [-0.2, 0) is 11.3 Å². The quantitative estimate of drug-likeness (QED) is 0.546. The molecule has 140 valence electrons. The van der Waals surface area contributed by atoms with E-state index in [1.54, 1.807) is 7.05 Å². The lowest BCUT2D eigenvalue weighted by Gasteiger charge is -2.26. The number of guanidine groups is 1. The summed E-state index contributed by atoms with van der Waals surface area (Å²) in [5.74, 6) is 0.952. The molecular weight excluding hydrogens is 316 g/mol. The Kier molecular flexibility index (Phi) is 8.25. The standard InChI is InChI=1S/C19H32N4O2/c1-14(2)16(23-18(24)25-19(3,4)5)13-22-17(20-6)21-12-15-10-8-7-9-11-15/h7-11,14,16H,12-13H2,1-6H3,(H,23,24)(H2,20,21,22). The number of ether oxygens (including phenoxy) is 1. The van der Waals surface area contributed by atoms with Gasteiger partial charge in [-0.1, -0.05) is 44.2 Å². The molecule has 0 heterocycles. The normalized spacial score (nSPS) is 13.3. The lowest BCUT2D eigenvalue weighted by molar-refractivity contribution is 0.0491. The summed E-state index contributed by atoms with van der Waals surface area (Å²) in [6.07, 6.45) is -0.403. The van der Waals surface area contributed by atoms with Crippen molar-refractivity contribution in [1.29, 1.82) is 0 Å². The number of amides is 1. The first-order chi connectivity index (χ1) is 11.7. The predicted octanol–water partition coefficient (Wildman–Crippen LogP) is 2.90. The zero-order valence-electron chi connectivity index (χ0n) is 16.2. The lowest BCUT2D eigenvalue weighted by atomic mass is 10.0. The summed E-state index contributed by atoms with van der Waals surface area (Å²) in [5.41, 5.74) is 0.671. The van der Waals surface area contributed by atoms with E-state index in [0.717, 1.165) is 0 Å². The van der Waals surface area contributed by atoms with Gasteiger partial charge in [0.05, 0.1) is 6.04 Å². The molecule has 0 saturated heterocycles. The van der Waals surface area contributed by atoms with Crippen molar-refractivity contribution in [2.75, 3.05) is 13.6 Å². The van der Waals surface area contributed by atoms with E-state index < -0.39 is 11.7 Å². The lowest BCUT2D eigenvalue weighted by Crippen LogP contribution is -2.50. The molecule has 25 heavy (non-hydrogen) atoms. The van der Waals surface area contributed by atoms with Crippen LogP contribution in [-0.4, -0.2) is 37.3 Å². The van der Waals surface area contributed by atoms with E-state index in [1.807, 2.05) is 39.0 Å². The van der Waals surface area contributed by atoms with Gasteiger partial charge in [0, 0.05) is 20.1 Å². The Balaban J connectivity index is 2.50. The van der Waals surface area contributed by atoms with Crippen LogP contribution < -0.4 is 16.0 Å². The van der Waals surface area contributed by atoms with Crippen molar-refractivity contribution < 1.29 is 9.53 Å². The largest absolute Gasteiger partial charge is 0.444 e. The van der Waals surface area contributed by atoms with Crippen LogP contribution in [0, 0.1) is 5.92 Å². The minimum absolute atomic E-state index is 0.0647. The van der Waals surface area contributed by atoms with Crippen LogP contribution in [0.3, 0.4) is 0 Å². The number of alkyl carbamates (subject to hydrolysis) is 1. The Morgan fingerprint density at radius 2 is 1.80 bits per heavy atom. The summed E-state index contributed by atoms with van der Waals surface area (Å²) >= 11 is 0. The smallest absolute Gasteiger partial charge is 0.407 e. The first-order valence-corrected chi connectivity index (χ1v) is 8.69. The highest BCUT2D eigenvalue weighted by Gasteiger charge is 2.21. The third-order valence-corrected chi connectivity index (χ3v) is 3.52. The van der Waals surface area contributed by atoms with Gasteiger partial charge in [-0.2, -0.15) is 0 Å². The number of hydrogen-bond donors (Lipinski definition) is 3. The molecule has 0 spiro atoms. The molecule has 6 nitrogen and oxygen atoms in total. The Morgan fingerprint density at radius 1 is 1.16 bits per heavy atom. The molecule has 1 atom stereocenters. The van der Waals surface area contributed by atoms with Crippen molar-refractivity contribution in [3.05, 3.63) is 35.9 Å². The molecule has 0 aliphatic rings. The summed E-state index contributed by atoms with van der Waals surface area (Å²) in [4.78, 5) is 16.2. The van der Waals surface area contributed by atoms with Gasteiger partial charge in [0.25, 0.3) is 0 Å². The maximum Gasteiger partial charge on any atom is 0.407 e. The molecule has 0 aromatic heterocycles. The average Bonchev–Trinajstić information content (AvgIpc) is 2.52. The van der Waals surface area contributed by atoms with Crippen LogP contribution >= 0.6 is 0 Å². The van der Waals surface area contributed by atoms with E-state index in [9.17, 15) is 4.79 Å².